The Morgan fingerprint density at radius 3 is 2.36 bits per heavy atom. The number of ketones is 1. The van der Waals surface area contributed by atoms with Gasteiger partial charge in [-0.1, -0.05) is 30.3 Å². The summed E-state index contributed by atoms with van der Waals surface area (Å²) >= 11 is 0. The minimum Gasteiger partial charge on any atom is -0.379 e. The summed E-state index contributed by atoms with van der Waals surface area (Å²) in [6.45, 7) is 1.14. The maximum absolute atomic E-state index is 12.5. The van der Waals surface area contributed by atoms with Crippen molar-refractivity contribution in [2.45, 2.75) is 6.42 Å². The van der Waals surface area contributed by atoms with Crippen LogP contribution in [0.25, 0.3) is 0 Å². The van der Waals surface area contributed by atoms with E-state index in [1.54, 1.807) is 54.9 Å². The summed E-state index contributed by atoms with van der Waals surface area (Å²) in [5, 5.41) is 17.6. The van der Waals surface area contributed by atoms with Crippen LogP contribution >= 0.6 is 0 Å². The fraction of sp³-hybridized carbons (Fsp3) is 0.150. The number of rotatable bonds is 9. The number of nitrogens with one attached hydrogen (secondary N) is 2. The highest BCUT2D eigenvalue weighted by Gasteiger charge is 2.18. The minimum atomic E-state index is -0.486. The van der Waals surface area contributed by atoms with Crippen molar-refractivity contribution >= 4 is 23.1 Å². The van der Waals surface area contributed by atoms with Crippen molar-refractivity contribution in [1.82, 2.24) is 9.97 Å². The van der Waals surface area contributed by atoms with Crippen molar-refractivity contribution < 1.29 is 9.72 Å². The predicted octanol–water partition coefficient (Wildman–Crippen LogP) is 3.53. The molecule has 1 aromatic heterocycles. The van der Waals surface area contributed by atoms with Crippen molar-refractivity contribution in [1.29, 1.82) is 0 Å². The van der Waals surface area contributed by atoms with E-state index in [0.717, 1.165) is 0 Å². The molecule has 0 amide bonds. The lowest BCUT2D eigenvalue weighted by Gasteiger charge is -2.09. The SMILES string of the molecule is O=C(c1ccccc1)c1ccc(NCCCNc2ncccn2)c([N+](=O)[O-])c1. The zero-order valence-corrected chi connectivity index (χ0v) is 15.0. The van der Waals surface area contributed by atoms with Crippen LogP contribution < -0.4 is 10.6 Å². The molecule has 0 saturated heterocycles. The number of hydrogen-bond acceptors (Lipinski definition) is 7. The van der Waals surface area contributed by atoms with E-state index in [1.807, 2.05) is 6.07 Å². The predicted molar refractivity (Wildman–Crippen MR) is 107 cm³/mol. The van der Waals surface area contributed by atoms with Crippen molar-refractivity contribution in [2.24, 2.45) is 0 Å². The summed E-state index contributed by atoms with van der Waals surface area (Å²) < 4.78 is 0. The highest BCUT2D eigenvalue weighted by atomic mass is 16.6. The average Bonchev–Trinajstić information content (AvgIpc) is 2.74. The quantitative estimate of drug-likeness (QED) is 0.254. The molecule has 3 rings (SSSR count). The molecule has 0 fully saturated rings. The molecule has 0 aliphatic carbocycles. The number of carbonyl (C=O) groups excluding carboxylic acids is 1. The summed E-state index contributed by atoms with van der Waals surface area (Å²) in [7, 11) is 0. The van der Waals surface area contributed by atoms with Crippen molar-refractivity contribution in [2.75, 3.05) is 23.7 Å². The van der Waals surface area contributed by atoms with Gasteiger partial charge in [0.25, 0.3) is 5.69 Å². The lowest BCUT2D eigenvalue weighted by atomic mass is 10.0. The third kappa shape index (κ3) is 4.88. The fourth-order valence-corrected chi connectivity index (χ4v) is 2.63. The van der Waals surface area contributed by atoms with Crippen LogP contribution in [0.4, 0.5) is 17.3 Å². The number of nitro groups is 1. The van der Waals surface area contributed by atoms with E-state index in [-0.39, 0.29) is 17.0 Å². The number of anilines is 2. The van der Waals surface area contributed by atoms with Gasteiger partial charge in [0.2, 0.25) is 5.95 Å². The van der Waals surface area contributed by atoms with Gasteiger partial charge in [0.05, 0.1) is 4.92 Å². The van der Waals surface area contributed by atoms with Gasteiger partial charge in [-0.2, -0.15) is 0 Å². The second-order valence-electron chi connectivity index (χ2n) is 5.96. The van der Waals surface area contributed by atoms with Gasteiger partial charge in [0.15, 0.2) is 5.78 Å². The third-order valence-electron chi connectivity index (χ3n) is 4.01. The summed E-state index contributed by atoms with van der Waals surface area (Å²) in [5.74, 6) is 0.291. The Bertz CT molecular complexity index is 949. The molecule has 0 atom stereocenters. The Morgan fingerprint density at radius 2 is 1.64 bits per heavy atom. The first-order valence-corrected chi connectivity index (χ1v) is 8.78. The second-order valence-corrected chi connectivity index (χ2v) is 5.96. The standard InChI is InChI=1S/C20H19N5O3/c26-19(15-6-2-1-3-7-15)16-8-9-17(18(14-16)25(27)28)21-10-4-11-22-20-23-12-5-13-24-20/h1-3,5-9,12-14,21H,4,10-11H2,(H,22,23,24). The van der Waals surface area contributed by atoms with Gasteiger partial charge in [0, 0.05) is 42.7 Å². The van der Waals surface area contributed by atoms with E-state index in [0.29, 0.717) is 36.7 Å². The first-order valence-electron chi connectivity index (χ1n) is 8.78. The van der Waals surface area contributed by atoms with Gasteiger partial charge in [-0.3, -0.25) is 14.9 Å². The van der Waals surface area contributed by atoms with Crippen LogP contribution in [0, 0.1) is 10.1 Å². The van der Waals surface area contributed by atoms with E-state index < -0.39 is 4.92 Å². The van der Waals surface area contributed by atoms with Gasteiger partial charge in [0.1, 0.15) is 5.69 Å². The molecule has 0 aliphatic rings. The second kappa shape index (κ2) is 9.22. The van der Waals surface area contributed by atoms with E-state index >= 15 is 0 Å². The number of aromatic nitrogens is 2. The molecule has 28 heavy (non-hydrogen) atoms. The van der Waals surface area contributed by atoms with Crippen LogP contribution in [0.15, 0.2) is 67.0 Å². The Morgan fingerprint density at radius 1 is 0.929 bits per heavy atom. The summed E-state index contributed by atoms with van der Waals surface area (Å²) in [6, 6.07) is 14.9. The smallest absolute Gasteiger partial charge is 0.293 e. The highest BCUT2D eigenvalue weighted by Crippen LogP contribution is 2.26. The zero-order valence-electron chi connectivity index (χ0n) is 15.0. The largest absolute Gasteiger partial charge is 0.379 e. The maximum Gasteiger partial charge on any atom is 0.293 e. The molecule has 1 heterocycles. The van der Waals surface area contributed by atoms with E-state index in [2.05, 4.69) is 20.6 Å². The Labute approximate surface area is 161 Å². The summed E-state index contributed by atoms with van der Waals surface area (Å²) in [5.41, 5.74) is 1.03. The third-order valence-corrected chi connectivity index (χ3v) is 4.01. The molecule has 0 saturated carbocycles. The maximum atomic E-state index is 12.5. The van der Waals surface area contributed by atoms with Gasteiger partial charge in [-0.15, -0.1) is 0 Å². The van der Waals surface area contributed by atoms with Gasteiger partial charge in [-0.05, 0) is 24.6 Å². The van der Waals surface area contributed by atoms with Gasteiger partial charge in [-0.25, -0.2) is 9.97 Å². The Balaban J connectivity index is 1.61. The topological polar surface area (TPSA) is 110 Å². The first-order chi connectivity index (χ1) is 13.6. The molecule has 142 valence electrons. The van der Waals surface area contributed by atoms with E-state index in [4.69, 9.17) is 0 Å². The molecule has 0 spiro atoms. The number of nitrogens with zero attached hydrogens (tertiary/aromatic N) is 3. The van der Waals surface area contributed by atoms with E-state index in [9.17, 15) is 14.9 Å². The number of hydrogen-bond donors (Lipinski definition) is 2. The van der Waals surface area contributed by atoms with Crippen LogP contribution in [0.2, 0.25) is 0 Å². The monoisotopic (exact) mass is 377 g/mol. The molecule has 3 aromatic rings. The Kier molecular flexibility index (Phi) is 6.25. The van der Waals surface area contributed by atoms with Crippen LogP contribution in [-0.2, 0) is 0 Å². The molecular formula is C20H19N5O3. The normalized spacial score (nSPS) is 10.3. The molecule has 0 bridgehead atoms. The first kappa shape index (κ1) is 19.0. The lowest BCUT2D eigenvalue weighted by molar-refractivity contribution is -0.384. The van der Waals surface area contributed by atoms with Gasteiger partial charge < -0.3 is 10.6 Å². The van der Waals surface area contributed by atoms with Crippen molar-refractivity contribution in [3.8, 4) is 0 Å². The van der Waals surface area contributed by atoms with Gasteiger partial charge >= 0.3 is 0 Å². The number of nitro benzene ring substituents is 1. The molecule has 8 nitrogen and oxygen atoms in total. The Hall–Kier alpha value is -3.81. The molecular weight excluding hydrogens is 358 g/mol. The van der Waals surface area contributed by atoms with Crippen molar-refractivity contribution in [3.63, 3.8) is 0 Å². The molecule has 0 unspecified atom stereocenters. The van der Waals surface area contributed by atoms with Crippen LogP contribution in [-0.4, -0.2) is 33.8 Å². The average molecular weight is 377 g/mol. The summed E-state index contributed by atoms with van der Waals surface area (Å²) in [4.78, 5) is 31.6. The number of carbonyl (C=O) groups is 1. The highest BCUT2D eigenvalue weighted by molar-refractivity contribution is 6.09. The summed E-state index contributed by atoms with van der Waals surface area (Å²) in [6.07, 6.45) is 4.00. The molecule has 2 aromatic carbocycles. The van der Waals surface area contributed by atoms with Crippen LogP contribution in [0.1, 0.15) is 22.3 Å². The van der Waals surface area contributed by atoms with E-state index in [1.165, 1.54) is 6.07 Å². The molecule has 0 radical (unpaired) electrons. The minimum absolute atomic E-state index is 0.124. The number of benzene rings is 2. The zero-order chi connectivity index (χ0) is 19.8. The molecule has 2 N–H and O–H groups in total. The molecule has 8 heteroatoms. The van der Waals surface area contributed by atoms with Crippen molar-refractivity contribution in [3.05, 3.63) is 88.2 Å². The van der Waals surface area contributed by atoms with Crippen LogP contribution in [0.3, 0.4) is 0 Å². The fourth-order valence-electron chi connectivity index (χ4n) is 2.63. The lowest BCUT2D eigenvalue weighted by Crippen LogP contribution is -2.11. The molecule has 0 aliphatic heterocycles. The van der Waals surface area contributed by atoms with Crippen LogP contribution in [0.5, 0.6) is 0 Å².